The zero-order valence-corrected chi connectivity index (χ0v) is 19.8. The van der Waals surface area contributed by atoms with E-state index in [1.54, 1.807) is 0 Å². The van der Waals surface area contributed by atoms with Gasteiger partial charge in [-0.25, -0.2) is 9.97 Å². The molecule has 0 radical (unpaired) electrons. The topological polar surface area (TPSA) is 90.5 Å². The Morgan fingerprint density at radius 2 is 1.82 bits per heavy atom. The summed E-state index contributed by atoms with van der Waals surface area (Å²) in [5, 5.41) is 7.13. The molecule has 6 rings (SSSR count). The molecule has 9 heteroatoms. The van der Waals surface area contributed by atoms with Crippen LogP contribution in [-0.2, 0) is 16.0 Å². The normalized spacial score (nSPS) is 24.6. The van der Waals surface area contributed by atoms with Crippen LogP contribution < -0.4 is 15.5 Å². The predicted molar refractivity (Wildman–Crippen MR) is 130 cm³/mol. The number of rotatable bonds is 6. The highest BCUT2D eigenvalue weighted by Crippen LogP contribution is 2.37. The molecule has 8 nitrogen and oxygen atoms in total. The second-order valence-electron chi connectivity index (χ2n) is 9.89. The van der Waals surface area contributed by atoms with E-state index in [-0.39, 0.29) is 29.8 Å². The molecule has 1 aromatic carbocycles. The van der Waals surface area contributed by atoms with Crippen LogP contribution in [0.3, 0.4) is 0 Å². The summed E-state index contributed by atoms with van der Waals surface area (Å²) in [7, 11) is 0. The van der Waals surface area contributed by atoms with E-state index >= 15 is 0 Å². The van der Waals surface area contributed by atoms with Crippen LogP contribution in [0.4, 0.5) is 11.6 Å². The molecule has 1 aliphatic carbocycles. The van der Waals surface area contributed by atoms with Crippen molar-refractivity contribution in [3.8, 4) is 0 Å². The monoisotopic (exact) mass is 480 g/mol. The molecule has 1 saturated carbocycles. The minimum atomic E-state index is -0.213. The molecule has 178 valence electrons. The highest BCUT2D eigenvalue weighted by Gasteiger charge is 2.45. The molecule has 2 saturated heterocycles. The van der Waals surface area contributed by atoms with Crippen molar-refractivity contribution in [2.45, 2.75) is 62.6 Å². The van der Waals surface area contributed by atoms with Gasteiger partial charge < -0.3 is 20.4 Å². The van der Waals surface area contributed by atoms with Crippen molar-refractivity contribution in [1.82, 2.24) is 20.2 Å². The maximum absolute atomic E-state index is 14.0. The largest absolute Gasteiger partial charge is 0.352 e. The fourth-order valence-electron chi connectivity index (χ4n) is 5.68. The molecule has 3 aliphatic heterocycles. The van der Waals surface area contributed by atoms with Gasteiger partial charge in [0.15, 0.2) is 0 Å². The number of piperazine rings is 1. The van der Waals surface area contributed by atoms with Gasteiger partial charge in [0, 0.05) is 54.8 Å². The number of hydrogen-bond donors (Lipinski definition) is 2. The van der Waals surface area contributed by atoms with E-state index in [1.165, 1.54) is 19.2 Å². The number of amides is 2. The second-order valence-corrected chi connectivity index (χ2v) is 10.3. The number of aromatic nitrogens is 2. The molecule has 4 heterocycles. The van der Waals surface area contributed by atoms with Crippen LogP contribution in [0.5, 0.6) is 0 Å². The second kappa shape index (κ2) is 8.82. The standard InChI is InChI=1S/C25H29ClN6O2/c26-16-3-1-15(2-4-16)21(11-27-17-5-6-17)25(34)32-18-7-8-19(32)13-31(12-18)24-20-9-10-22(33)30-23(20)28-14-29-24/h1-4,14,17-19,21,27H,5-13H2,(H,28,29,30,33). The fraction of sp³-hybridized carbons (Fsp3) is 0.520. The van der Waals surface area contributed by atoms with E-state index < -0.39 is 0 Å². The summed E-state index contributed by atoms with van der Waals surface area (Å²) in [4.78, 5) is 39.1. The molecule has 3 atom stereocenters. The van der Waals surface area contributed by atoms with E-state index in [9.17, 15) is 9.59 Å². The molecule has 4 aliphatic rings. The number of fused-ring (bicyclic) bond motifs is 3. The van der Waals surface area contributed by atoms with Gasteiger partial charge in [-0.3, -0.25) is 9.59 Å². The van der Waals surface area contributed by atoms with Gasteiger partial charge in [0.25, 0.3) is 0 Å². The van der Waals surface area contributed by atoms with Crippen molar-refractivity contribution in [2.24, 2.45) is 0 Å². The molecule has 0 spiro atoms. The fourth-order valence-corrected chi connectivity index (χ4v) is 5.80. The first-order valence-electron chi connectivity index (χ1n) is 12.3. The quantitative estimate of drug-likeness (QED) is 0.660. The number of nitrogens with one attached hydrogen (secondary N) is 2. The Kier molecular flexibility index (Phi) is 5.65. The number of benzene rings is 1. The molecule has 3 fully saturated rings. The lowest BCUT2D eigenvalue weighted by atomic mass is 9.95. The first kappa shape index (κ1) is 21.8. The number of nitrogens with zero attached hydrogens (tertiary/aromatic N) is 4. The van der Waals surface area contributed by atoms with Gasteiger partial charge in [-0.05, 0) is 49.8 Å². The highest BCUT2D eigenvalue weighted by molar-refractivity contribution is 6.30. The minimum absolute atomic E-state index is 0.000633. The molecule has 34 heavy (non-hydrogen) atoms. The van der Waals surface area contributed by atoms with Gasteiger partial charge in [-0.15, -0.1) is 0 Å². The minimum Gasteiger partial charge on any atom is -0.352 e. The molecular weight excluding hydrogens is 452 g/mol. The molecule has 2 amide bonds. The van der Waals surface area contributed by atoms with Gasteiger partial charge in [0.2, 0.25) is 11.8 Å². The van der Waals surface area contributed by atoms with Crippen molar-refractivity contribution in [3.63, 3.8) is 0 Å². The summed E-state index contributed by atoms with van der Waals surface area (Å²) in [6, 6.07) is 8.57. The molecule has 2 aromatic rings. The lowest BCUT2D eigenvalue weighted by molar-refractivity contribution is -0.136. The van der Waals surface area contributed by atoms with Crippen molar-refractivity contribution in [2.75, 3.05) is 29.9 Å². The van der Waals surface area contributed by atoms with Crippen LogP contribution in [0.1, 0.15) is 49.1 Å². The first-order chi connectivity index (χ1) is 16.6. The van der Waals surface area contributed by atoms with Crippen molar-refractivity contribution in [3.05, 3.63) is 46.7 Å². The Balaban J connectivity index is 1.23. The summed E-state index contributed by atoms with van der Waals surface area (Å²) >= 11 is 6.12. The van der Waals surface area contributed by atoms with Crippen LogP contribution in [0, 0.1) is 0 Å². The molecule has 3 unspecified atom stereocenters. The Morgan fingerprint density at radius 3 is 2.53 bits per heavy atom. The zero-order chi connectivity index (χ0) is 23.2. The number of hydrogen-bond acceptors (Lipinski definition) is 6. The number of carbonyl (C=O) groups is 2. The van der Waals surface area contributed by atoms with Crippen LogP contribution in [0.15, 0.2) is 30.6 Å². The van der Waals surface area contributed by atoms with E-state index in [0.717, 1.165) is 42.9 Å². The average molecular weight is 481 g/mol. The molecule has 1 aromatic heterocycles. The third kappa shape index (κ3) is 4.14. The number of halogens is 1. The summed E-state index contributed by atoms with van der Waals surface area (Å²) < 4.78 is 0. The maximum atomic E-state index is 14.0. The predicted octanol–water partition coefficient (Wildman–Crippen LogP) is 2.73. The van der Waals surface area contributed by atoms with Crippen LogP contribution in [0.25, 0.3) is 0 Å². The SMILES string of the molecule is O=C1CCc2c(ncnc2N2CC3CCC(C2)N3C(=O)C(CNC2CC2)c2ccc(Cl)cc2)N1. The van der Waals surface area contributed by atoms with Gasteiger partial charge in [-0.1, -0.05) is 23.7 Å². The van der Waals surface area contributed by atoms with Crippen molar-refractivity contribution < 1.29 is 9.59 Å². The lowest BCUT2D eigenvalue weighted by Crippen LogP contribution is -2.58. The first-order valence-corrected chi connectivity index (χ1v) is 12.6. The van der Waals surface area contributed by atoms with Gasteiger partial charge in [0.1, 0.15) is 18.0 Å². The number of carbonyl (C=O) groups excluding carboxylic acids is 2. The Morgan fingerprint density at radius 1 is 1.09 bits per heavy atom. The van der Waals surface area contributed by atoms with Gasteiger partial charge >= 0.3 is 0 Å². The van der Waals surface area contributed by atoms with Crippen LogP contribution in [0.2, 0.25) is 5.02 Å². The maximum Gasteiger partial charge on any atom is 0.232 e. The molecular formula is C25H29ClN6O2. The van der Waals surface area contributed by atoms with E-state index in [2.05, 4.69) is 30.4 Å². The zero-order valence-electron chi connectivity index (χ0n) is 19.0. The Bertz CT molecular complexity index is 1090. The van der Waals surface area contributed by atoms with E-state index in [0.29, 0.717) is 36.3 Å². The average Bonchev–Trinajstić information content (AvgIpc) is 3.63. The summed E-state index contributed by atoms with van der Waals surface area (Å²) in [5.41, 5.74) is 2.03. The molecule has 2 N–H and O–H groups in total. The smallest absolute Gasteiger partial charge is 0.232 e. The third-order valence-corrected chi connectivity index (χ3v) is 7.83. The molecule has 2 bridgehead atoms. The summed E-state index contributed by atoms with van der Waals surface area (Å²) in [6.07, 6.45) is 7.01. The van der Waals surface area contributed by atoms with E-state index in [4.69, 9.17) is 11.6 Å². The Labute approximate surface area is 204 Å². The Hall–Kier alpha value is -2.71. The number of anilines is 2. The van der Waals surface area contributed by atoms with Crippen LogP contribution in [-0.4, -0.2) is 64.4 Å². The highest BCUT2D eigenvalue weighted by atomic mass is 35.5. The van der Waals surface area contributed by atoms with Crippen molar-refractivity contribution in [1.29, 1.82) is 0 Å². The van der Waals surface area contributed by atoms with Gasteiger partial charge in [0.05, 0.1) is 5.92 Å². The lowest BCUT2D eigenvalue weighted by Gasteiger charge is -2.43. The van der Waals surface area contributed by atoms with Crippen molar-refractivity contribution >= 4 is 35.1 Å². The van der Waals surface area contributed by atoms with E-state index in [1.807, 2.05) is 24.3 Å². The summed E-state index contributed by atoms with van der Waals surface area (Å²) in [6.45, 7) is 2.16. The van der Waals surface area contributed by atoms with Crippen LogP contribution >= 0.6 is 11.6 Å². The summed E-state index contributed by atoms with van der Waals surface area (Å²) in [5.74, 6) is 1.52. The van der Waals surface area contributed by atoms with Gasteiger partial charge in [-0.2, -0.15) is 0 Å². The third-order valence-electron chi connectivity index (χ3n) is 7.58.